The molecule has 8 heteroatoms. The summed E-state index contributed by atoms with van der Waals surface area (Å²) in [5.41, 5.74) is 0.754. The summed E-state index contributed by atoms with van der Waals surface area (Å²) < 4.78 is 3.21. The monoisotopic (exact) mass is 302 g/mol. The van der Waals surface area contributed by atoms with Gasteiger partial charge in [0.25, 0.3) is 0 Å². The van der Waals surface area contributed by atoms with E-state index in [2.05, 4.69) is 15.5 Å². The molecule has 2 aromatic rings. The number of hydrogen-bond acceptors (Lipinski definition) is 4. The molecule has 1 aliphatic heterocycles. The minimum absolute atomic E-state index is 0.103. The van der Waals surface area contributed by atoms with Crippen molar-refractivity contribution >= 4 is 17.5 Å². The summed E-state index contributed by atoms with van der Waals surface area (Å²) in [5.74, 6) is -0.316. The lowest BCUT2D eigenvalue weighted by Gasteiger charge is -2.17. The van der Waals surface area contributed by atoms with Crippen molar-refractivity contribution in [3.05, 3.63) is 30.9 Å². The second kappa shape index (κ2) is 5.63. The lowest BCUT2D eigenvalue weighted by molar-refractivity contribution is -0.128. The maximum atomic E-state index is 12.4. The van der Waals surface area contributed by atoms with Gasteiger partial charge in [-0.15, -0.1) is 0 Å². The molecule has 0 aromatic carbocycles. The first-order valence-electron chi connectivity index (χ1n) is 7.16. The Morgan fingerprint density at radius 1 is 1.45 bits per heavy atom. The Bertz CT molecular complexity index is 677. The Labute approximate surface area is 127 Å². The molecule has 22 heavy (non-hydrogen) atoms. The average Bonchev–Trinajstić information content (AvgIpc) is 3.21. The van der Waals surface area contributed by atoms with E-state index >= 15 is 0 Å². The topological polar surface area (TPSA) is 85.0 Å². The van der Waals surface area contributed by atoms with Gasteiger partial charge in [0.2, 0.25) is 11.8 Å². The molecule has 2 atom stereocenters. The van der Waals surface area contributed by atoms with Crippen molar-refractivity contribution in [2.75, 3.05) is 11.4 Å². The van der Waals surface area contributed by atoms with Gasteiger partial charge in [-0.2, -0.15) is 10.2 Å². The summed E-state index contributed by atoms with van der Waals surface area (Å²) in [7, 11) is 1.80. The second-order valence-electron chi connectivity index (χ2n) is 5.37. The summed E-state index contributed by atoms with van der Waals surface area (Å²) in [6.07, 6.45) is 7.37. The van der Waals surface area contributed by atoms with Gasteiger partial charge >= 0.3 is 0 Å². The Morgan fingerprint density at radius 3 is 2.91 bits per heavy atom. The molecule has 8 nitrogen and oxygen atoms in total. The third-order valence-corrected chi connectivity index (χ3v) is 3.83. The van der Waals surface area contributed by atoms with Crippen molar-refractivity contribution in [2.24, 2.45) is 7.05 Å². The van der Waals surface area contributed by atoms with E-state index in [4.69, 9.17) is 0 Å². The number of hydrogen-bond donors (Lipinski definition) is 1. The zero-order chi connectivity index (χ0) is 15.7. The molecule has 2 amide bonds. The highest BCUT2D eigenvalue weighted by Gasteiger charge is 2.35. The van der Waals surface area contributed by atoms with Crippen molar-refractivity contribution in [2.45, 2.75) is 25.4 Å². The Kier molecular flexibility index (Phi) is 3.66. The van der Waals surface area contributed by atoms with E-state index in [1.54, 1.807) is 59.1 Å². The number of nitrogens with zero attached hydrogens (tertiary/aromatic N) is 5. The number of aromatic nitrogens is 4. The van der Waals surface area contributed by atoms with Crippen molar-refractivity contribution in [3.63, 3.8) is 0 Å². The van der Waals surface area contributed by atoms with Gasteiger partial charge in [-0.3, -0.25) is 19.0 Å². The van der Waals surface area contributed by atoms with Crippen LogP contribution >= 0.6 is 0 Å². The van der Waals surface area contributed by atoms with Gasteiger partial charge < -0.3 is 10.2 Å². The fraction of sp³-hybridized carbons (Fsp3) is 0.429. The number of carbonyl (C=O) groups is 2. The van der Waals surface area contributed by atoms with E-state index in [0.29, 0.717) is 13.0 Å². The van der Waals surface area contributed by atoms with Crippen LogP contribution in [-0.2, 0) is 16.6 Å². The molecule has 1 aliphatic rings. The van der Waals surface area contributed by atoms with Crippen LogP contribution < -0.4 is 10.2 Å². The molecular formula is C14H18N6O2. The van der Waals surface area contributed by atoms with Crippen molar-refractivity contribution in [3.8, 4) is 0 Å². The minimum Gasteiger partial charge on any atom is -0.342 e. The third kappa shape index (κ3) is 2.59. The number of amides is 2. The van der Waals surface area contributed by atoms with Crippen LogP contribution in [-0.4, -0.2) is 44.0 Å². The standard InChI is InChI=1S/C14H18N6O2/c1-10(20-6-3-5-15-20)13(21)17-12-4-7-19(14(12)22)11-8-16-18(2)9-11/h3,5-6,8-10,12H,4,7H2,1-2H3,(H,17,21)/t10-,12-/m0/s1. The molecule has 0 radical (unpaired) electrons. The molecule has 1 saturated heterocycles. The second-order valence-corrected chi connectivity index (χ2v) is 5.37. The predicted octanol–water partition coefficient (Wildman–Crippen LogP) is 0.0993. The minimum atomic E-state index is -0.495. The zero-order valence-corrected chi connectivity index (χ0v) is 12.5. The lowest BCUT2D eigenvalue weighted by atomic mass is 10.2. The number of nitrogens with one attached hydrogen (secondary N) is 1. The van der Waals surface area contributed by atoms with Gasteiger partial charge in [0.05, 0.1) is 11.9 Å². The van der Waals surface area contributed by atoms with Crippen LogP contribution in [0.2, 0.25) is 0 Å². The van der Waals surface area contributed by atoms with Crippen molar-refractivity contribution in [1.82, 2.24) is 24.9 Å². The fourth-order valence-corrected chi connectivity index (χ4v) is 2.54. The molecule has 3 heterocycles. The Balaban J connectivity index is 1.64. The molecule has 1 fully saturated rings. The van der Waals surface area contributed by atoms with E-state index in [0.717, 1.165) is 5.69 Å². The molecule has 0 unspecified atom stereocenters. The van der Waals surface area contributed by atoms with Gasteiger partial charge in [0.1, 0.15) is 12.1 Å². The molecule has 2 aromatic heterocycles. The number of aryl methyl sites for hydroxylation is 1. The van der Waals surface area contributed by atoms with E-state index in [1.807, 2.05) is 0 Å². The fourth-order valence-electron chi connectivity index (χ4n) is 2.54. The third-order valence-electron chi connectivity index (χ3n) is 3.83. The van der Waals surface area contributed by atoms with E-state index in [9.17, 15) is 9.59 Å². The highest BCUT2D eigenvalue weighted by Crippen LogP contribution is 2.21. The molecule has 3 rings (SSSR count). The van der Waals surface area contributed by atoms with E-state index in [-0.39, 0.29) is 11.8 Å². The molecule has 0 spiro atoms. The number of rotatable bonds is 4. The number of anilines is 1. The molecule has 116 valence electrons. The molecule has 0 aliphatic carbocycles. The zero-order valence-electron chi connectivity index (χ0n) is 12.5. The number of carbonyl (C=O) groups excluding carboxylic acids is 2. The summed E-state index contributed by atoms with van der Waals surface area (Å²) in [6.45, 7) is 2.33. The van der Waals surface area contributed by atoms with E-state index < -0.39 is 12.1 Å². The van der Waals surface area contributed by atoms with Crippen LogP contribution in [0.3, 0.4) is 0 Å². The van der Waals surface area contributed by atoms with Crippen LogP contribution in [0.5, 0.6) is 0 Å². The summed E-state index contributed by atoms with van der Waals surface area (Å²) in [4.78, 5) is 26.3. The van der Waals surface area contributed by atoms with Crippen molar-refractivity contribution in [1.29, 1.82) is 0 Å². The highest BCUT2D eigenvalue weighted by molar-refractivity contribution is 6.01. The maximum Gasteiger partial charge on any atom is 0.249 e. The van der Waals surface area contributed by atoms with Crippen LogP contribution in [0.25, 0.3) is 0 Å². The first-order chi connectivity index (χ1) is 10.6. The Hall–Kier alpha value is -2.64. The summed E-state index contributed by atoms with van der Waals surface area (Å²) in [5, 5.41) is 10.9. The SMILES string of the molecule is C[C@@H](C(=O)N[C@H]1CCN(c2cnn(C)c2)C1=O)n1cccn1. The molecule has 1 N–H and O–H groups in total. The van der Waals surface area contributed by atoms with E-state index in [1.165, 1.54) is 0 Å². The summed E-state index contributed by atoms with van der Waals surface area (Å²) >= 11 is 0. The molecule has 0 saturated carbocycles. The first-order valence-corrected chi connectivity index (χ1v) is 7.16. The van der Waals surface area contributed by atoms with Gasteiger partial charge in [0.15, 0.2) is 0 Å². The van der Waals surface area contributed by atoms with Crippen LogP contribution in [0.1, 0.15) is 19.4 Å². The normalized spacial score (nSPS) is 19.5. The van der Waals surface area contributed by atoms with Gasteiger partial charge in [-0.1, -0.05) is 0 Å². The van der Waals surface area contributed by atoms with Crippen LogP contribution in [0.4, 0.5) is 5.69 Å². The highest BCUT2D eigenvalue weighted by atomic mass is 16.2. The van der Waals surface area contributed by atoms with Crippen LogP contribution in [0.15, 0.2) is 30.9 Å². The quantitative estimate of drug-likeness (QED) is 0.868. The van der Waals surface area contributed by atoms with Gasteiger partial charge in [0, 0.05) is 32.2 Å². The molecular weight excluding hydrogens is 284 g/mol. The lowest BCUT2D eigenvalue weighted by Crippen LogP contribution is -2.44. The first kappa shape index (κ1) is 14.3. The molecule has 0 bridgehead atoms. The summed E-state index contributed by atoms with van der Waals surface area (Å²) in [6, 6.07) is 0.815. The Morgan fingerprint density at radius 2 is 2.27 bits per heavy atom. The maximum absolute atomic E-state index is 12.4. The smallest absolute Gasteiger partial charge is 0.249 e. The van der Waals surface area contributed by atoms with Crippen LogP contribution in [0, 0.1) is 0 Å². The largest absolute Gasteiger partial charge is 0.342 e. The average molecular weight is 302 g/mol. The van der Waals surface area contributed by atoms with Gasteiger partial charge in [-0.05, 0) is 19.4 Å². The van der Waals surface area contributed by atoms with Crippen molar-refractivity contribution < 1.29 is 9.59 Å². The predicted molar refractivity (Wildman–Crippen MR) is 79.0 cm³/mol. The van der Waals surface area contributed by atoms with Gasteiger partial charge in [-0.25, -0.2) is 0 Å².